The third kappa shape index (κ3) is 2.93. The van der Waals surface area contributed by atoms with E-state index in [1.54, 1.807) is 36.5 Å². The highest BCUT2D eigenvalue weighted by Crippen LogP contribution is 2.36. The topological polar surface area (TPSA) is 73.1 Å². The number of carbonyl (C=O) groups is 1. The van der Waals surface area contributed by atoms with Crippen LogP contribution in [0.5, 0.6) is 0 Å². The third-order valence-corrected chi connectivity index (χ3v) is 5.36. The van der Waals surface area contributed by atoms with Crippen LogP contribution in [0, 0.1) is 0 Å². The first-order valence-electron chi connectivity index (χ1n) is 7.33. The Kier molecular flexibility index (Phi) is 4.16. The highest BCUT2D eigenvalue weighted by molar-refractivity contribution is 8.00. The van der Waals surface area contributed by atoms with Crippen molar-refractivity contribution < 1.29 is 9.53 Å². The van der Waals surface area contributed by atoms with Gasteiger partial charge in [-0.05, 0) is 27.0 Å². The smallest absolute Gasteiger partial charge is 0.415 e. The molecule has 0 radical (unpaired) electrons. The summed E-state index contributed by atoms with van der Waals surface area (Å²) < 4.78 is 9.26. The summed E-state index contributed by atoms with van der Waals surface area (Å²) >= 11 is 3.15. The number of ether oxygens (including phenoxy) is 1. The molecule has 0 atom stereocenters. The zero-order valence-electron chi connectivity index (χ0n) is 14.4. The maximum atomic E-state index is 12.4. The molecular formula is C15H19N5O2S2. The molecule has 0 aliphatic heterocycles. The van der Waals surface area contributed by atoms with Gasteiger partial charge < -0.3 is 9.30 Å². The van der Waals surface area contributed by atoms with Gasteiger partial charge in [-0.2, -0.15) is 0 Å². The van der Waals surface area contributed by atoms with Gasteiger partial charge in [0.25, 0.3) is 0 Å². The fourth-order valence-corrected chi connectivity index (χ4v) is 3.86. The van der Waals surface area contributed by atoms with Gasteiger partial charge in [0.05, 0.1) is 11.8 Å². The molecular weight excluding hydrogens is 346 g/mol. The van der Waals surface area contributed by atoms with E-state index in [-0.39, 0.29) is 0 Å². The first-order chi connectivity index (χ1) is 11.2. The molecule has 24 heavy (non-hydrogen) atoms. The number of anilines is 1. The average Bonchev–Trinajstić information content (AvgIpc) is 3.07. The maximum absolute atomic E-state index is 12.4. The maximum Gasteiger partial charge on any atom is 0.415 e. The van der Waals surface area contributed by atoms with Crippen LogP contribution in [0.25, 0.3) is 21.4 Å². The standard InChI is InChI=1S/C15H19N5O2S2/c1-15(2,3)22-14(21)20(5)12-8-9(19(4)7-16-8)10-11(17-12)18-13(23-6)24-10/h7H,1-6H3. The van der Waals surface area contributed by atoms with Gasteiger partial charge in [0.1, 0.15) is 15.8 Å². The van der Waals surface area contributed by atoms with E-state index in [1.807, 2.05) is 38.6 Å². The number of amides is 1. The van der Waals surface area contributed by atoms with E-state index in [2.05, 4.69) is 15.0 Å². The molecule has 0 N–H and O–H groups in total. The SMILES string of the molecule is CSc1nc2nc(N(C)C(=O)OC(C)(C)C)c3ncn(C)c3c2s1. The van der Waals surface area contributed by atoms with Crippen LogP contribution in [-0.2, 0) is 11.8 Å². The molecule has 7 nitrogen and oxygen atoms in total. The largest absolute Gasteiger partial charge is 0.443 e. The van der Waals surface area contributed by atoms with Crippen molar-refractivity contribution in [3.05, 3.63) is 6.33 Å². The number of thiazole rings is 1. The highest BCUT2D eigenvalue weighted by atomic mass is 32.2. The lowest BCUT2D eigenvalue weighted by atomic mass is 10.2. The van der Waals surface area contributed by atoms with E-state index >= 15 is 0 Å². The van der Waals surface area contributed by atoms with E-state index in [4.69, 9.17) is 4.74 Å². The Balaban J connectivity index is 2.17. The lowest BCUT2D eigenvalue weighted by Gasteiger charge is -2.24. The number of thioether (sulfide) groups is 1. The van der Waals surface area contributed by atoms with Crippen molar-refractivity contribution in [3.8, 4) is 0 Å². The van der Waals surface area contributed by atoms with Gasteiger partial charge >= 0.3 is 6.09 Å². The Morgan fingerprint density at radius 3 is 2.71 bits per heavy atom. The molecule has 1 amide bonds. The first-order valence-corrected chi connectivity index (χ1v) is 9.37. The highest BCUT2D eigenvalue weighted by Gasteiger charge is 2.25. The summed E-state index contributed by atoms with van der Waals surface area (Å²) in [5, 5.41) is 0. The number of carbonyl (C=O) groups excluding carboxylic acids is 1. The monoisotopic (exact) mass is 365 g/mol. The number of hydrogen-bond acceptors (Lipinski definition) is 7. The summed E-state index contributed by atoms with van der Waals surface area (Å²) in [5.74, 6) is 0.449. The van der Waals surface area contributed by atoms with E-state index in [0.717, 1.165) is 14.6 Å². The Labute approximate surface area is 148 Å². The first kappa shape index (κ1) is 17.0. The van der Waals surface area contributed by atoms with Crippen molar-refractivity contribution >= 4 is 56.4 Å². The van der Waals surface area contributed by atoms with Crippen molar-refractivity contribution in [2.75, 3.05) is 18.2 Å². The molecule has 0 unspecified atom stereocenters. The summed E-state index contributed by atoms with van der Waals surface area (Å²) in [5.41, 5.74) is 1.62. The zero-order valence-corrected chi connectivity index (χ0v) is 16.1. The molecule has 9 heteroatoms. The van der Waals surface area contributed by atoms with Gasteiger partial charge in [-0.1, -0.05) is 11.8 Å². The van der Waals surface area contributed by atoms with Crippen LogP contribution in [-0.4, -0.2) is 44.5 Å². The minimum atomic E-state index is -0.578. The Hall–Kier alpha value is -1.87. The van der Waals surface area contributed by atoms with Crippen molar-refractivity contribution in [1.82, 2.24) is 19.5 Å². The molecule has 3 heterocycles. The summed E-state index contributed by atoms with van der Waals surface area (Å²) in [7, 11) is 3.56. The molecule has 0 fully saturated rings. The van der Waals surface area contributed by atoms with Gasteiger partial charge in [0, 0.05) is 14.1 Å². The number of imidazole rings is 1. The van der Waals surface area contributed by atoms with Gasteiger partial charge in [-0.3, -0.25) is 4.90 Å². The van der Waals surface area contributed by atoms with Crippen molar-refractivity contribution in [1.29, 1.82) is 0 Å². The van der Waals surface area contributed by atoms with E-state index < -0.39 is 11.7 Å². The molecule has 3 aromatic heterocycles. The summed E-state index contributed by atoms with van der Waals surface area (Å²) in [6, 6.07) is 0. The number of hydrogen-bond donors (Lipinski definition) is 0. The van der Waals surface area contributed by atoms with Gasteiger partial charge in [-0.15, -0.1) is 11.3 Å². The van der Waals surface area contributed by atoms with Crippen LogP contribution >= 0.6 is 23.1 Å². The molecule has 3 rings (SSSR count). The zero-order chi connectivity index (χ0) is 17.6. The molecule has 0 bridgehead atoms. The predicted octanol–water partition coefficient (Wildman–Crippen LogP) is 3.67. The second-order valence-electron chi connectivity index (χ2n) is 6.36. The third-order valence-electron chi connectivity index (χ3n) is 3.33. The number of nitrogens with zero attached hydrogens (tertiary/aromatic N) is 5. The van der Waals surface area contributed by atoms with Gasteiger partial charge in [0.15, 0.2) is 15.8 Å². The number of fused-ring (bicyclic) bond motifs is 3. The lowest BCUT2D eigenvalue weighted by molar-refractivity contribution is 0.0589. The van der Waals surface area contributed by atoms with Crippen LogP contribution in [0.1, 0.15) is 20.8 Å². The second kappa shape index (κ2) is 5.89. The fourth-order valence-electron chi connectivity index (χ4n) is 2.28. The molecule has 0 saturated heterocycles. The van der Waals surface area contributed by atoms with Crippen molar-refractivity contribution in [3.63, 3.8) is 0 Å². The average molecular weight is 365 g/mol. The molecule has 0 aliphatic rings. The predicted molar refractivity (Wildman–Crippen MR) is 98.1 cm³/mol. The summed E-state index contributed by atoms with van der Waals surface area (Å²) in [4.78, 5) is 27.3. The van der Waals surface area contributed by atoms with E-state index in [0.29, 0.717) is 17.0 Å². The van der Waals surface area contributed by atoms with Gasteiger partial charge in [-0.25, -0.2) is 19.7 Å². The number of aromatic nitrogens is 4. The quantitative estimate of drug-likeness (QED) is 0.645. The van der Waals surface area contributed by atoms with Crippen molar-refractivity contribution in [2.24, 2.45) is 7.05 Å². The molecule has 3 aromatic rings. The summed E-state index contributed by atoms with van der Waals surface area (Å²) in [6.45, 7) is 5.49. The van der Waals surface area contributed by atoms with Crippen LogP contribution in [0.4, 0.5) is 10.6 Å². The normalized spacial score (nSPS) is 12.1. The van der Waals surface area contributed by atoms with E-state index in [1.165, 1.54) is 4.90 Å². The Morgan fingerprint density at radius 2 is 2.08 bits per heavy atom. The Morgan fingerprint density at radius 1 is 1.38 bits per heavy atom. The molecule has 0 saturated carbocycles. The molecule has 0 aliphatic carbocycles. The van der Waals surface area contributed by atoms with Crippen LogP contribution in [0.2, 0.25) is 0 Å². The fraction of sp³-hybridized carbons (Fsp3) is 0.467. The van der Waals surface area contributed by atoms with Gasteiger partial charge in [0.2, 0.25) is 0 Å². The Bertz CT molecular complexity index is 925. The number of rotatable bonds is 2. The minimum absolute atomic E-state index is 0.449. The van der Waals surface area contributed by atoms with Crippen molar-refractivity contribution in [2.45, 2.75) is 30.7 Å². The van der Waals surface area contributed by atoms with E-state index in [9.17, 15) is 4.79 Å². The number of aryl methyl sites for hydroxylation is 1. The number of pyridine rings is 1. The van der Waals surface area contributed by atoms with Crippen LogP contribution < -0.4 is 4.90 Å². The molecule has 0 aromatic carbocycles. The summed E-state index contributed by atoms with van der Waals surface area (Å²) in [6.07, 6.45) is 3.23. The molecule has 0 spiro atoms. The van der Waals surface area contributed by atoms with Crippen LogP contribution in [0.15, 0.2) is 10.7 Å². The molecule has 128 valence electrons. The second-order valence-corrected chi connectivity index (χ2v) is 8.42. The lowest BCUT2D eigenvalue weighted by Crippen LogP contribution is -2.34. The minimum Gasteiger partial charge on any atom is -0.443 e. The van der Waals surface area contributed by atoms with Crippen LogP contribution in [0.3, 0.4) is 0 Å².